The third-order valence-corrected chi connectivity index (χ3v) is 3.67. The van der Waals surface area contributed by atoms with E-state index < -0.39 is 6.16 Å². The van der Waals surface area contributed by atoms with Gasteiger partial charge in [-0.2, -0.15) is 0 Å². The Morgan fingerprint density at radius 3 is 1.96 bits per heavy atom. The number of carbonyl (C=O) groups excluding carboxylic acids is 1. The van der Waals surface area contributed by atoms with Gasteiger partial charge >= 0.3 is 6.16 Å². The number of aryl methyl sites for hydroxylation is 2. The summed E-state index contributed by atoms with van der Waals surface area (Å²) in [6.45, 7) is 4.19. The van der Waals surface area contributed by atoms with Crippen molar-refractivity contribution in [1.82, 2.24) is 0 Å². The molecule has 2 aromatic rings. The summed E-state index contributed by atoms with van der Waals surface area (Å²) in [6, 6.07) is 14.9. The van der Waals surface area contributed by atoms with Gasteiger partial charge in [0.15, 0.2) is 0 Å². The smallest absolute Gasteiger partial charge is 0.395 e. The second-order valence-corrected chi connectivity index (χ2v) is 5.72. The zero-order valence-electron chi connectivity index (χ0n) is 13.9. The van der Waals surface area contributed by atoms with Crippen molar-refractivity contribution in [3.05, 3.63) is 59.7 Å². The van der Waals surface area contributed by atoms with Gasteiger partial charge in [0.2, 0.25) is 0 Å². The molecule has 0 bridgehead atoms. The van der Waals surface area contributed by atoms with Crippen molar-refractivity contribution in [3.63, 3.8) is 0 Å². The first-order valence-electron chi connectivity index (χ1n) is 8.22. The zero-order chi connectivity index (χ0) is 16.5. The van der Waals surface area contributed by atoms with Crippen molar-refractivity contribution in [1.29, 1.82) is 0 Å². The molecule has 0 aliphatic heterocycles. The van der Waals surface area contributed by atoms with E-state index in [1.54, 1.807) is 12.1 Å². The third-order valence-electron chi connectivity index (χ3n) is 3.67. The second kappa shape index (κ2) is 8.99. The summed E-state index contributed by atoms with van der Waals surface area (Å²) in [5, 5.41) is 0. The van der Waals surface area contributed by atoms with Gasteiger partial charge in [0.25, 0.3) is 0 Å². The highest BCUT2D eigenvalue weighted by atomic mass is 16.7. The molecule has 0 amide bonds. The quantitative estimate of drug-likeness (QED) is 0.374. The maximum atomic E-state index is 11.8. The van der Waals surface area contributed by atoms with Crippen LogP contribution < -0.4 is 9.47 Å². The number of carbonyl (C=O) groups is 1. The maximum Gasteiger partial charge on any atom is 0.519 e. The minimum Gasteiger partial charge on any atom is -0.395 e. The van der Waals surface area contributed by atoms with Crippen LogP contribution in [0.2, 0.25) is 0 Å². The first kappa shape index (κ1) is 17.1. The molecule has 0 fully saturated rings. The number of ether oxygens (including phenoxy) is 2. The Balaban J connectivity index is 1.80. The van der Waals surface area contributed by atoms with Crippen LogP contribution in [-0.4, -0.2) is 6.16 Å². The standard InChI is InChI=1S/C20H24O3/c1-3-4-5-6-7-17-10-14-19(15-11-17)23-20(21)22-18-12-8-16(2)9-13-18/h8-15H,3-7H2,1-2H3. The van der Waals surface area contributed by atoms with Gasteiger partial charge in [-0.3, -0.25) is 0 Å². The summed E-state index contributed by atoms with van der Waals surface area (Å²) < 4.78 is 10.3. The van der Waals surface area contributed by atoms with Gasteiger partial charge in [0, 0.05) is 0 Å². The highest BCUT2D eigenvalue weighted by Gasteiger charge is 2.07. The van der Waals surface area contributed by atoms with E-state index in [9.17, 15) is 4.79 Å². The molecule has 0 atom stereocenters. The van der Waals surface area contributed by atoms with Crippen LogP contribution in [0.5, 0.6) is 11.5 Å². The lowest BCUT2D eigenvalue weighted by Gasteiger charge is -2.07. The highest BCUT2D eigenvalue weighted by Crippen LogP contribution is 2.17. The van der Waals surface area contributed by atoms with Gasteiger partial charge in [0.1, 0.15) is 11.5 Å². The summed E-state index contributed by atoms with van der Waals surface area (Å²) in [6.07, 6.45) is 5.33. The Morgan fingerprint density at radius 1 is 0.826 bits per heavy atom. The van der Waals surface area contributed by atoms with Gasteiger partial charge in [-0.1, -0.05) is 56.0 Å². The topological polar surface area (TPSA) is 35.5 Å². The molecule has 0 radical (unpaired) electrons. The Bertz CT molecular complexity index is 600. The Kier molecular flexibility index (Phi) is 6.67. The highest BCUT2D eigenvalue weighted by molar-refractivity contribution is 5.67. The van der Waals surface area contributed by atoms with Crippen LogP contribution in [0.4, 0.5) is 4.79 Å². The van der Waals surface area contributed by atoms with Crippen molar-refractivity contribution < 1.29 is 14.3 Å². The second-order valence-electron chi connectivity index (χ2n) is 5.72. The average molecular weight is 312 g/mol. The third kappa shape index (κ3) is 6.15. The molecular weight excluding hydrogens is 288 g/mol. The predicted molar refractivity (Wildman–Crippen MR) is 92.1 cm³/mol. The summed E-state index contributed by atoms with van der Waals surface area (Å²) in [7, 11) is 0. The molecule has 0 aliphatic carbocycles. The van der Waals surface area contributed by atoms with Crippen molar-refractivity contribution in [2.24, 2.45) is 0 Å². The predicted octanol–water partition coefficient (Wildman–Crippen LogP) is 5.70. The van der Waals surface area contributed by atoms with Crippen LogP contribution in [-0.2, 0) is 6.42 Å². The summed E-state index contributed by atoms with van der Waals surface area (Å²) in [5.41, 5.74) is 2.38. The van der Waals surface area contributed by atoms with E-state index in [2.05, 4.69) is 6.92 Å². The molecule has 3 nitrogen and oxygen atoms in total. The summed E-state index contributed by atoms with van der Waals surface area (Å²) in [4.78, 5) is 11.8. The summed E-state index contributed by atoms with van der Waals surface area (Å²) in [5.74, 6) is 0.979. The van der Waals surface area contributed by atoms with Crippen molar-refractivity contribution >= 4 is 6.16 Å². The fourth-order valence-corrected chi connectivity index (χ4v) is 2.30. The number of hydrogen-bond donors (Lipinski definition) is 0. The van der Waals surface area contributed by atoms with Crippen LogP contribution in [0.25, 0.3) is 0 Å². The van der Waals surface area contributed by atoms with Gasteiger partial charge < -0.3 is 9.47 Å². The molecule has 23 heavy (non-hydrogen) atoms. The molecule has 0 spiro atoms. The monoisotopic (exact) mass is 312 g/mol. The largest absolute Gasteiger partial charge is 0.519 e. The molecule has 3 heteroatoms. The Morgan fingerprint density at radius 2 is 1.39 bits per heavy atom. The fourth-order valence-electron chi connectivity index (χ4n) is 2.30. The van der Waals surface area contributed by atoms with Crippen LogP contribution >= 0.6 is 0 Å². The first-order valence-corrected chi connectivity index (χ1v) is 8.22. The Labute approximate surface area is 138 Å². The molecule has 122 valence electrons. The normalized spacial score (nSPS) is 10.3. The minimum absolute atomic E-state index is 0.480. The number of rotatable bonds is 7. The van der Waals surface area contributed by atoms with Crippen molar-refractivity contribution in [2.45, 2.75) is 46.0 Å². The van der Waals surface area contributed by atoms with Crippen LogP contribution in [0, 0.1) is 6.92 Å². The zero-order valence-corrected chi connectivity index (χ0v) is 13.9. The van der Waals surface area contributed by atoms with Crippen LogP contribution in [0.15, 0.2) is 48.5 Å². The van der Waals surface area contributed by atoms with Crippen LogP contribution in [0.1, 0.15) is 43.7 Å². The molecule has 0 unspecified atom stereocenters. The van der Waals surface area contributed by atoms with Gasteiger partial charge in [-0.15, -0.1) is 0 Å². The van der Waals surface area contributed by atoms with Gasteiger partial charge in [-0.25, -0.2) is 4.79 Å². The van der Waals surface area contributed by atoms with Gasteiger partial charge in [0.05, 0.1) is 0 Å². The molecule has 2 rings (SSSR count). The lowest BCUT2D eigenvalue weighted by Crippen LogP contribution is -2.13. The number of hydrogen-bond acceptors (Lipinski definition) is 3. The number of benzene rings is 2. The van der Waals surface area contributed by atoms with E-state index in [0.717, 1.165) is 12.0 Å². The van der Waals surface area contributed by atoms with E-state index >= 15 is 0 Å². The van der Waals surface area contributed by atoms with Crippen molar-refractivity contribution in [2.75, 3.05) is 0 Å². The van der Waals surface area contributed by atoms with Crippen LogP contribution in [0.3, 0.4) is 0 Å². The van der Waals surface area contributed by atoms with Gasteiger partial charge in [-0.05, 0) is 49.6 Å². The lowest BCUT2D eigenvalue weighted by molar-refractivity contribution is 0.152. The van der Waals surface area contributed by atoms with E-state index in [4.69, 9.17) is 9.47 Å². The SMILES string of the molecule is CCCCCCc1ccc(OC(=O)Oc2ccc(C)cc2)cc1. The molecule has 0 saturated heterocycles. The summed E-state index contributed by atoms with van der Waals surface area (Å²) >= 11 is 0. The molecular formula is C20H24O3. The molecule has 0 saturated carbocycles. The maximum absolute atomic E-state index is 11.8. The molecule has 0 N–H and O–H groups in total. The minimum atomic E-state index is -0.718. The molecule has 2 aromatic carbocycles. The Hall–Kier alpha value is -2.29. The van der Waals surface area contributed by atoms with E-state index in [-0.39, 0.29) is 0 Å². The molecule has 0 aliphatic rings. The van der Waals surface area contributed by atoms with E-state index in [1.165, 1.54) is 31.2 Å². The van der Waals surface area contributed by atoms with E-state index in [0.29, 0.717) is 11.5 Å². The van der Waals surface area contributed by atoms with E-state index in [1.807, 2.05) is 43.3 Å². The fraction of sp³-hybridized carbons (Fsp3) is 0.350. The van der Waals surface area contributed by atoms with Crippen molar-refractivity contribution in [3.8, 4) is 11.5 Å². The average Bonchev–Trinajstić information content (AvgIpc) is 2.55. The number of unbranched alkanes of at least 4 members (excludes halogenated alkanes) is 3. The lowest BCUT2D eigenvalue weighted by atomic mass is 10.1. The molecule has 0 aromatic heterocycles. The molecule has 0 heterocycles. The first-order chi connectivity index (χ1) is 11.2.